The van der Waals surface area contributed by atoms with Gasteiger partial charge in [-0.15, -0.1) is 11.8 Å². The average Bonchev–Trinajstić information content (AvgIpc) is 2.70. The molecule has 1 heterocycles. The van der Waals surface area contributed by atoms with Gasteiger partial charge in [-0.3, -0.25) is 4.79 Å². The average molecular weight is 237 g/mol. The number of aryl methyl sites for hydroxylation is 1. The first-order valence-corrected chi connectivity index (χ1v) is 6.22. The van der Waals surface area contributed by atoms with E-state index in [0.29, 0.717) is 11.7 Å². The van der Waals surface area contributed by atoms with E-state index in [2.05, 4.69) is 36.5 Å². The molecule has 1 aromatic rings. The van der Waals surface area contributed by atoms with Gasteiger partial charge in [-0.25, -0.2) is 0 Å². The molecule has 0 aromatic heterocycles. The fraction of sp³-hybridized carbons (Fsp3) is 0.417. The second-order valence-electron chi connectivity index (χ2n) is 4.09. The van der Waals surface area contributed by atoms with Gasteiger partial charge in [0.1, 0.15) is 6.04 Å². The SMILES string of the molecule is Cc1ccc(S[C@H]2CNC(C(=O)O)C2)cc1. The van der Waals surface area contributed by atoms with E-state index in [-0.39, 0.29) is 6.04 Å². The Balaban J connectivity index is 1.92. The Morgan fingerprint density at radius 2 is 2.12 bits per heavy atom. The second-order valence-corrected chi connectivity index (χ2v) is 5.46. The molecule has 2 N–H and O–H groups in total. The van der Waals surface area contributed by atoms with Crippen molar-refractivity contribution in [3.05, 3.63) is 29.8 Å². The predicted molar refractivity (Wildman–Crippen MR) is 64.9 cm³/mol. The summed E-state index contributed by atoms with van der Waals surface area (Å²) in [5.41, 5.74) is 1.25. The van der Waals surface area contributed by atoms with E-state index >= 15 is 0 Å². The number of thioether (sulfide) groups is 1. The molecule has 1 aromatic carbocycles. The molecular formula is C12H15NO2S. The van der Waals surface area contributed by atoms with Crippen molar-refractivity contribution < 1.29 is 9.90 Å². The number of carbonyl (C=O) groups is 1. The molecule has 0 amide bonds. The maximum Gasteiger partial charge on any atom is 0.320 e. The minimum absolute atomic E-state index is 0.365. The van der Waals surface area contributed by atoms with Gasteiger partial charge in [0.2, 0.25) is 0 Å². The van der Waals surface area contributed by atoms with E-state index in [1.165, 1.54) is 10.5 Å². The summed E-state index contributed by atoms with van der Waals surface area (Å²) in [6.45, 7) is 2.83. The zero-order valence-electron chi connectivity index (χ0n) is 9.14. The van der Waals surface area contributed by atoms with Crippen LogP contribution in [0.15, 0.2) is 29.2 Å². The number of carboxylic acids is 1. The highest BCUT2D eigenvalue weighted by atomic mass is 32.2. The number of benzene rings is 1. The molecule has 0 bridgehead atoms. The van der Waals surface area contributed by atoms with Crippen molar-refractivity contribution in [1.29, 1.82) is 0 Å². The summed E-state index contributed by atoms with van der Waals surface area (Å²) in [7, 11) is 0. The highest BCUT2D eigenvalue weighted by Gasteiger charge is 2.29. The lowest BCUT2D eigenvalue weighted by Gasteiger charge is -2.08. The highest BCUT2D eigenvalue weighted by Crippen LogP contribution is 2.28. The molecule has 16 heavy (non-hydrogen) atoms. The predicted octanol–water partition coefficient (Wildman–Crippen LogP) is 1.90. The normalized spacial score (nSPS) is 24.6. The van der Waals surface area contributed by atoms with Crippen LogP contribution in [0, 0.1) is 6.92 Å². The quantitative estimate of drug-likeness (QED) is 0.843. The molecule has 0 radical (unpaired) electrons. The number of nitrogens with one attached hydrogen (secondary N) is 1. The van der Waals surface area contributed by atoms with Crippen LogP contribution in [-0.2, 0) is 4.79 Å². The van der Waals surface area contributed by atoms with Crippen LogP contribution in [-0.4, -0.2) is 28.9 Å². The van der Waals surface area contributed by atoms with E-state index in [9.17, 15) is 4.79 Å². The Hall–Kier alpha value is -1.00. The molecule has 0 aliphatic carbocycles. The van der Waals surface area contributed by atoms with Crippen LogP contribution in [0.1, 0.15) is 12.0 Å². The van der Waals surface area contributed by atoms with E-state index < -0.39 is 5.97 Å². The molecular weight excluding hydrogens is 222 g/mol. The topological polar surface area (TPSA) is 49.3 Å². The van der Waals surface area contributed by atoms with Gasteiger partial charge in [-0.05, 0) is 25.5 Å². The van der Waals surface area contributed by atoms with E-state index in [1.54, 1.807) is 11.8 Å². The molecule has 1 unspecified atom stereocenters. The van der Waals surface area contributed by atoms with Crippen LogP contribution in [0.5, 0.6) is 0 Å². The third-order valence-corrected chi connectivity index (χ3v) is 3.95. The molecule has 86 valence electrons. The lowest BCUT2D eigenvalue weighted by atomic mass is 10.2. The zero-order valence-corrected chi connectivity index (χ0v) is 9.96. The van der Waals surface area contributed by atoms with E-state index in [1.807, 2.05) is 0 Å². The molecule has 3 nitrogen and oxygen atoms in total. The molecule has 1 fully saturated rings. The lowest BCUT2D eigenvalue weighted by Crippen LogP contribution is -2.29. The summed E-state index contributed by atoms with van der Waals surface area (Å²) in [4.78, 5) is 12.0. The largest absolute Gasteiger partial charge is 0.480 e. The van der Waals surface area contributed by atoms with Gasteiger partial charge in [0.05, 0.1) is 0 Å². The number of hydrogen-bond donors (Lipinski definition) is 2. The fourth-order valence-corrected chi connectivity index (χ4v) is 2.94. The van der Waals surface area contributed by atoms with Gasteiger partial charge in [0.15, 0.2) is 0 Å². The molecule has 1 aliphatic heterocycles. The van der Waals surface area contributed by atoms with Crippen LogP contribution in [0.3, 0.4) is 0 Å². The van der Waals surface area contributed by atoms with Crippen LogP contribution < -0.4 is 5.32 Å². The van der Waals surface area contributed by atoms with Crippen molar-refractivity contribution in [1.82, 2.24) is 5.32 Å². The van der Waals surface area contributed by atoms with Crippen molar-refractivity contribution in [2.24, 2.45) is 0 Å². The van der Waals surface area contributed by atoms with Crippen LogP contribution in [0.25, 0.3) is 0 Å². The fourth-order valence-electron chi connectivity index (χ4n) is 1.79. The van der Waals surface area contributed by atoms with Gasteiger partial charge in [-0.1, -0.05) is 17.7 Å². The monoisotopic (exact) mass is 237 g/mol. The van der Waals surface area contributed by atoms with E-state index in [0.717, 1.165) is 6.54 Å². The van der Waals surface area contributed by atoms with Crippen LogP contribution >= 0.6 is 11.8 Å². The standard InChI is InChI=1S/C12H15NO2S/c1-8-2-4-9(5-3-8)16-10-6-11(12(14)15)13-7-10/h2-5,10-11,13H,6-7H2,1H3,(H,14,15)/t10-,11?/m1/s1. The van der Waals surface area contributed by atoms with Crippen molar-refractivity contribution in [2.75, 3.05) is 6.54 Å². The number of hydrogen-bond acceptors (Lipinski definition) is 3. The summed E-state index contributed by atoms with van der Waals surface area (Å²) < 4.78 is 0. The minimum atomic E-state index is -0.744. The first-order chi connectivity index (χ1) is 7.65. The van der Waals surface area contributed by atoms with Crippen molar-refractivity contribution in [2.45, 2.75) is 29.5 Å². The molecule has 2 atom stereocenters. The number of carboxylic acid groups (broad SMARTS) is 1. The maximum absolute atomic E-state index is 10.8. The molecule has 1 aliphatic rings. The summed E-state index contributed by atoms with van der Waals surface area (Å²) in [5, 5.41) is 12.2. The number of rotatable bonds is 3. The molecule has 4 heteroatoms. The summed E-state index contributed by atoms with van der Waals surface area (Å²) in [6, 6.07) is 7.98. The van der Waals surface area contributed by atoms with Gasteiger partial charge >= 0.3 is 5.97 Å². The third-order valence-electron chi connectivity index (χ3n) is 2.71. The highest BCUT2D eigenvalue weighted by molar-refractivity contribution is 8.00. The van der Waals surface area contributed by atoms with Crippen LogP contribution in [0.4, 0.5) is 0 Å². The molecule has 0 spiro atoms. The van der Waals surface area contributed by atoms with Crippen molar-refractivity contribution in [3.63, 3.8) is 0 Å². The third kappa shape index (κ3) is 2.77. The van der Waals surface area contributed by atoms with Crippen molar-refractivity contribution >= 4 is 17.7 Å². The second kappa shape index (κ2) is 4.89. The smallest absolute Gasteiger partial charge is 0.320 e. The Bertz CT molecular complexity index is 377. The maximum atomic E-state index is 10.8. The van der Waals surface area contributed by atoms with Gasteiger partial charge < -0.3 is 10.4 Å². The van der Waals surface area contributed by atoms with Gasteiger partial charge in [0.25, 0.3) is 0 Å². The first kappa shape index (κ1) is 11.5. The van der Waals surface area contributed by atoms with Crippen LogP contribution in [0.2, 0.25) is 0 Å². The van der Waals surface area contributed by atoms with E-state index in [4.69, 9.17) is 5.11 Å². The van der Waals surface area contributed by atoms with Gasteiger partial charge in [-0.2, -0.15) is 0 Å². The number of aliphatic carboxylic acids is 1. The van der Waals surface area contributed by atoms with Gasteiger partial charge in [0, 0.05) is 16.7 Å². The zero-order chi connectivity index (χ0) is 11.5. The summed E-state index contributed by atoms with van der Waals surface area (Å²) in [6.07, 6.45) is 0.702. The Morgan fingerprint density at radius 1 is 1.44 bits per heavy atom. The summed E-state index contributed by atoms with van der Waals surface area (Å²) >= 11 is 1.76. The summed E-state index contributed by atoms with van der Waals surface area (Å²) in [5.74, 6) is -0.744. The Labute approximate surface area is 99.2 Å². The Morgan fingerprint density at radius 3 is 2.69 bits per heavy atom. The lowest BCUT2D eigenvalue weighted by molar-refractivity contribution is -0.139. The minimum Gasteiger partial charge on any atom is -0.480 e. The molecule has 1 saturated heterocycles. The van der Waals surface area contributed by atoms with Crippen molar-refractivity contribution in [3.8, 4) is 0 Å². The molecule has 2 rings (SSSR count). The Kier molecular flexibility index (Phi) is 3.51. The first-order valence-electron chi connectivity index (χ1n) is 5.34. The molecule has 0 saturated carbocycles.